The van der Waals surface area contributed by atoms with Crippen LogP contribution in [0.4, 0.5) is 17.1 Å². The molecule has 1 heterocycles. The van der Waals surface area contributed by atoms with Gasteiger partial charge in [-0.1, -0.05) is 101 Å². The van der Waals surface area contributed by atoms with Crippen LogP contribution in [0.1, 0.15) is 0 Å². The molecule has 0 saturated carbocycles. The molecular formula is C34H22BrN. The van der Waals surface area contributed by atoms with Gasteiger partial charge in [0.25, 0.3) is 0 Å². The lowest BCUT2D eigenvalue weighted by Crippen LogP contribution is -2.15. The van der Waals surface area contributed by atoms with Gasteiger partial charge in [0.15, 0.2) is 0 Å². The van der Waals surface area contributed by atoms with Gasteiger partial charge in [0.2, 0.25) is 0 Å². The second-order valence-electron chi connectivity index (χ2n) is 9.17. The Morgan fingerprint density at radius 3 is 1.92 bits per heavy atom. The first kappa shape index (κ1) is 21.2. The van der Waals surface area contributed by atoms with Crippen molar-refractivity contribution in [1.29, 1.82) is 0 Å². The Bertz CT molecular complexity index is 1730. The van der Waals surface area contributed by atoms with E-state index in [4.69, 9.17) is 0 Å². The van der Waals surface area contributed by atoms with Crippen LogP contribution < -0.4 is 4.90 Å². The van der Waals surface area contributed by atoms with E-state index in [0.717, 1.165) is 4.47 Å². The highest BCUT2D eigenvalue weighted by Gasteiger charge is 2.26. The maximum absolute atomic E-state index is 3.55. The van der Waals surface area contributed by atoms with Gasteiger partial charge in [-0.25, -0.2) is 0 Å². The van der Waals surface area contributed by atoms with E-state index >= 15 is 0 Å². The first-order valence-corrected chi connectivity index (χ1v) is 12.9. The summed E-state index contributed by atoms with van der Waals surface area (Å²) in [7, 11) is 0. The van der Waals surface area contributed by atoms with E-state index in [1.54, 1.807) is 0 Å². The average molecular weight is 524 g/mol. The van der Waals surface area contributed by atoms with E-state index in [-0.39, 0.29) is 0 Å². The molecule has 1 aliphatic heterocycles. The fourth-order valence-electron chi connectivity index (χ4n) is 5.36. The number of anilines is 3. The van der Waals surface area contributed by atoms with Gasteiger partial charge in [-0.2, -0.15) is 0 Å². The van der Waals surface area contributed by atoms with Crippen molar-refractivity contribution < 1.29 is 0 Å². The molecule has 0 spiro atoms. The largest absolute Gasteiger partial charge is 0.309 e. The number of hydrogen-bond donors (Lipinski definition) is 0. The van der Waals surface area contributed by atoms with Crippen LogP contribution in [0, 0.1) is 0 Å². The number of rotatable bonds is 3. The first-order valence-electron chi connectivity index (χ1n) is 12.1. The summed E-state index contributed by atoms with van der Waals surface area (Å²) in [6, 6.07) is 48.1. The molecule has 170 valence electrons. The summed E-state index contributed by atoms with van der Waals surface area (Å²) in [5.41, 5.74) is 11.0. The molecule has 0 unspecified atom stereocenters. The van der Waals surface area contributed by atoms with Crippen molar-refractivity contribution >= 4 is 43.8 Å². The molecule has 0 amide bonds. The fraction of sp³-hybridized carbons (Fsp3) is 0. The quantitative estimate of drug-likeness (QED) is 0.222. The summed E-state index contributed by atoms with van der Waals surface area (Å²) in [5, 5.41) is 2.57. The Kier molecular flexibility index (Phi) is 5.00. The topological polar surface area (TPSA) is 3.24 Å². The zero-order valence-electron chi connectivity index (χ0n) is 19.5. The lowest BCUT2D eigenvalue weighted by molar-refractivity contribution is 1.28. The number of benzene rings is 6. The number of para-hydroxylation sites is 1. The van der Waals surface area contributed by atoms with Crippen LogP contribution in [0.2, 0.25) is 0 Å². The number of nitrogens with zero attached hydrogens (tertiary/aromatic N) is 1. The fourth-order valence-corrected chi connectivity index (χ4v) is 5.63. The van der Waals surface area contributed by atoms with E-state index in [2.05, 4.69) is 154 Å². The Morgan fingerprint density at radius 2 is 1.11 bits per heavy atom. The third-order valence-corrected chi connectivity index (χ3v) is 7.57. The summed E-state index contributed by atoms with van der Waals surface area (Å²) in [6.07, 6.45) is 0. The van der Waals surface area contributed by atoms with E-state index < -0.39 is 0 Å². The van der Waals surface area contributed by atoms with E-state index in [0.29, 0.717) is 0 Å². The summed E-state index contributed by atoms with van der Waals surface area (Å²) < 4.78 is 1.09. The Morgan fingerprint density at radius 1 is 0.444 bits per heavy atom. The Balaban J connectivity index is 1.43. The normalized spacial score (nSPS) is 12.0. The molecular weight excluding hydrogens is 502 g/mol. The van der Waals surface area contributed by atoms with E-state index in [1.165, 1.54) is 61.2 Å². The molecule has 0 aliphatic carbocycles. The standard InChI is InChI=1S/C34H22BrN/c35-28-18-15-23(16-19-28)25-9-4-10-26(21-25)27-17-20-32-31(22-27)30-13-5-7-24-8-6-14-33(34(24)30)36(32)29-11-2-1-3-12-29/h1-22H. The zero-order chi connectivity index (χ0) is 24.1. The van der Waals surface area contributed by atoms with Crippen molar-refractivity contribution in [3.63, 3.8) is 0 Å². The van der Waals surface area contributed by atoms with Crippen molar-refractivity contribution in [2.75, 3.05) is 4.90 Å². The van der Waals surface area contributed by atoms with Crippen LogP contribution in [-0.4, -0.2) is 0 Å². The molecule has 0 N–H and O–H groups in total. The molecule has 0 fully saturated rings. The predicted octanol–water partition coefficient (Wildman–Crippen LogP) is 10.4. The molecule has 1 aliphatic rings. The van der Waals surface area contributed by atoms with Crippen molar-refractivity contribution in [1.82, 2.24) is 0 Å². The molecule has 6 aromatic carbocycles. The average Bonchev–Trinajstić information content (AvgIpc) is 2.94. The number of fused-ring (bicyclic) bond motifs is 2. The molecule has 7 rings (SSSR count). The van der Waals surface area contributed by atoms with E-state index in [1.807, 2.05) is 0 Å². The molecule has 0 saturated heterocycles. The molecule has 6 aromatic rings. The SMILES string of the molecule is Brc1ccc(-c2cccc(-c3ccc4c(c3)-c3cccc5cccc(c35)N4c3ccccc3)c2)cc1. The molecule has 0 radical (unpaired) electrons. The van der Waals surface area contributed by atoms with Crippen LogP contribution in [0.15, 0.2) is 138 Å². The van der Waals surface area contributed by atoms with Crippen LogP contribution in [0.25, 0.3) is 44.2 Å². The zero-order valence-corrected chi connectivity index (χ0v) is 21.1. The van der Waals surface area contributed by atoms with Gasteiger partial charge >= 0.3 is 0 Å². The van der Waals surface area contributed by atoms with Gasteiger partial charge in [-0.3, -0.25) is 0 Å². The molecule has 0 bridgehead atoms. The summed E-state index contributed by atoms with van der Waals surface area (Å²) >= 11 is 3.55. The molecule has 0 aromatic heterocycles. The van der Waals surface area contributed by atoms with Gasteiger partial charge in [0.1, 0.15) is 0 Å². The van der Waals surface area contributed by atoms with Crippen molar-refractivity contribution in [2.24, 2.45) is 0 Å². The minimum Gasteiger partial charge on any atom is -0.309 e. The van der Waals surface area contributed by atoms with Crippen LogP contribution in [0.3, 0.4) is 0 Å². The summed E-state index contributed by atoms with van der Waals surface area (Å²) in [4.78, 5) is 2.40. The van der Waals surface area contributed by atoms with Crippen LogP contribution in [0.5, 0.6) is 0 Å². The molecule has 2 heteroatoms. The number of hydrogen-bond acceptors (Lipinski definition) is 1. The Labute approximate surface area is 219 Å². The smallest absolute Gasteiger partial charge is 0.0546 e. The first-order chi connectivity index (χ1) is 17.8. The third kappa shape index (κ3) is 3.45. The van der Waals surface area contributed by atoms with Crippen LogP contribution in [-0.2, 0) is 0 Å². The maximum Gasteiger partial charge on any atom is 0.0546 e. The van der Waals surface area contributed by atoms with Crippen molar-refractivity contribution in [3.05, 3.63) is 138 Å². The minimum atomic E-state index is 1.09. The lowest BCUT2D eigenvalue weighted by atomic mass is 9.88. The summed E-state index contributed by atoms with van der Waals surface area (Å²) in [6.45, 7) is 0. The molecule has 1 nitrogen and oxygen atoms in total. The highest BCUT2D eigenvalue weighted by Crippen LogP contribution is 2.51. The monoisotopic (exact) mass is 523 g/mol. The van der Waals surface area contributed by atoms with Gasteiger partial charge in [-0.05, 0) is 81.7 Å². The maximum atomic E-state index is 3.55. The van der Waals surface area contributed by atoms with Crippen LogP contribution >= 0.6 is 15.9 Å². The van der Waals surface area contributed by atoms with Gasteiger partial charge in [0.05, 0.1) is 11.4 Å². The van der Waals surface area contributed by atoms with Crippen molar-refractivity contribution in [3.8, 4) is 33.4 Å². The predicted molar refractivity (Wildman–Crippen MR) is 156 cm³/mol. The third-order valence-electron chi connectivity index (χ3n) is 7.04. The molecule has 36 heavy (non-hydrogen) atoms. The number of halogens is 1. The second-order valence-corrected chi connectivity index (χ2v) is 10.1. The van der Waals surface area contributed by atoms with Gasteiger partial charge in [-0.15, -0.1) is 0 Å². The Hall–Kier alpha value is -4.14. The second kappa shape index (κ2) is 8.51. The van der Waals surface area contributed by atoms with Gasteiger partial charge < -0.3 is 4.90 Å². The van der Waals surface area contributed by atoms with E-state index in [9.17, 15) is 0 Å². The molecule has 0 atom stereocenters. The van der Waals surface area contributed by atoms with Crippen molar-refractivity contribution in [2.45, 2.75) is 0 Å². The van der Waals surface area contributed by atoms with Gasteiger partial charge in [0, 0.05) is 21.1 Å². The highest BCUT2D eigenvalue weighted by molar-refractivity contribution is 9.10. The minimum absolute atomic E-state index is 1.09. The summed E-state index contributed by atoms with van der Waals surface area (Å²) in [5.74, 6) is 0. The lowest BCUT2D eigenvalue weighted by Gasteiger charge is -2.33. The highest BCUT2D eigenvalue weighted by atomic mass is 79.9.